The number of hydrogen-bond donors (Lipinski definition) is 2. The summed E-state index contributed by atoms with van der Waals surface area (Å²) in [6.45, 7) is 9.59. The molecule has 2 N–H and O–H groups in total. The third-order valence-electron chi connectivity index (χ3n) is 2.15. The van der Waals surface area contributed by atoms with Crippen LogP contribution in [0.25, 0.3) is 0 Å². The van der Waals surface area contributed by atoms with Crippen LogP contribution in [0.15, 0.2) is 12.2 Å². The Labute approximate surface area is 84.8 Å². The van der Waals surface area contributed by atoms with Gasteiger partial charge in [0.05, 0.1) is 6.10 Å². The molecule has 0 spiro atoms. The Kier molecular flexibility index (Phi) is 6.16. The van der Waals surface area contributed by atoms with Crippen molar-refractivity contribution in [1.29, 1.82) is 0 Å². The highest BCUT2D eigenvalue weighted by Crippen LogP contribution is 2.05. The van der Waals surface area contributed by atoms with Gasteiger partial charge in [0, 0.05) is 18.5 Å². The fourth-order valence-corrected chi connectivity index (χ4v) is 1.22. The van der Waals surface area contributed by atoms with Gasteiger partial charge in [0.15, 0.2) is 0 Å². The minimum absolute atomic E-state index is 0.0599. The molecule has 0 aromatic carbocycles. The van der Waals surface area contributed by atoms with Crippen molar-refractivity contribution >= 4 is 5.97 Å². The molecule has 0 aromatic rings. The van der Waals surface area contributed by atoms with Crippen LogP contribution in [0.2, 0.25) is 0 Å². The maximum absolute atomic E-state index is 10.4. The van der Waals surface area contributed by atoms with Crippen LogP contribution in [-0.2, 0) is 4.79 Å². The summed E-state index contributed by atoms with van der Waals surface area (Å²) in [4.78, 5) is 12.5. The Balaban J connectivity index is 3.90. The van der Waals surface area contributed by atoms with Crippen molar-refractivity contribution in [2.24, 2.45) is 0 Å². The van der Waals surface area contributed by atoms with Gasteiger partial charge in [-0.3, -0.25) is 0 Å². The van der Waals surface area contributed by atoms with Crippen LogP contribution in [-0.4, -0.2) is 46.8 Å². The average Bonchev–Trinajstić information content (AvgIpc) is 2.13. The van der Waals surface area contributed by atoms with E-state index in [1.165, 1.54) is 0 Å². The van der Waals surface area contributed by atoms with E-state index in [0.29, 0.717) is 6.54 Å². The number of carbonyl (C=O) groups is 1. The van der Waals surface area contributed by atoms with Gasteiger partial charge in [0.2, 0.25) is 0 Å². The lowest BCUT2D eigenvalue weighted by atomic mass is 10.1. The van der Waals surface area contributed by atoms with E-state index in [4.69, 9.17) is 5.11 Å². The van der Waals surface area contributed by atoms with E-state index in [2.05, 4.69) is 6.58 Å². The number of hydrogen-bond acceptors (Lipinski definition) is 3. The van der Waals surface area contributed by atoms with Crippen LogP contribution in [0.4, 0.5) is 0 Å². The SMILES string of the molecule is C=C(CC(O)CN(CC)CC)C(=O)O. The molecule has 0 radical (unpaired) electrons. The van der Waals surface area contributed by atoms with Crippen molar-refractivity contribution in [1.82, 2.24) is 4.90 Å². The van der Waals surface area contributed by atoms with Gasteiger partial charge in [0.25, 0.3) is 0 Å². The highest BCUT2D eigenvalue weighted by Gasteiger charge is 2.13. The lowest BCUT2D eigenvalue weighted by molar-refractivity contribution is -0.133. The fourth-order valence-electron chi connectivity index (χ4n) is 1.22. The first-order chi connectivity index (χ1) is 6.51. The van der Waals surface area contributed by atoms with E-state index in [-0.39, 0.29) is 12.0 Å². The molecule has 0 heterocycles. The molecule has 0 aromatic heterocycles. The lowest BCUT2D eigenvalue weighted by Gasteiger charge is -2.21. The molecule has 82 valence electrons. The summed E-state index contributed by atoms with van der Waals surface area (Å²) >= 11 is 0. The first-order valence-corrected chi connectivity index (χ1v) is 4.82. The Morgan fingerprint density at radius 3 is 2.29 bits per heavy atom. The monoisotopic (exact) mass is 201 g/mol. The maximum Gasteiger partial charge on any atom is 0.331 e. The number of carboxylic acid groups (broad SMARTS) is 1. The molecule has 0 fully saturated rings. The van der Waals surface area contributed by atoms with E-state index in [0.717, 1.165) is 13.1 Å². The summed E-state index contributed by atoms with van der Waals surface area (Å²) in [5, 5.41) is 18.1. The number of aliphatic hydroxyl groups excluding tert-OH is 1. The summed E-state index contributed by atoms with van der Waals surface area (Å²) in [5.74, 6) is -1.04. The molecule has 1 atom stereocenters. The standard InChI is InChI=1S/C10H19NO3/c1-4-11(5-2)7-9(12)6-8(3)10(13)14/h9,12H,3-7H2,1-2H3,(H,13,14). The number of likely N-dealkylation sites (N-methyl/N-ethyl adjacent to an activating group) is 1. The van der Waals surface area contributed by atoms with Gasteiger partial charge in [0.1, 0.15) is 0 Å². The third kappa shape index (κ3) is 4.99. The third-order valence-corrected chi connectivity index (χ3v) is 2.15. The van der Waals surface area contributed by atoms with Crippen molar-refractivity contribution < 1.29 is 15.0 Å². The Bertz CT molecular complexity index is 200. The van der Waals surface area contributed by atoms with Crippen LogP contribution in [0.1, 0.15) is 20.3 Å². The zero-order valence-corrected chi connectivity index (χ0v) is 8.86. The second-order valence-electron chi connectivity index (χ2n) is 3.25. The molecule has 0 saturated heterocycles. The van der Waals surface area contributed by atoms with Crippen molar-refractivity contribution in [2.75, 3.05) is 19.6 Å². The van der Waals surface area contributed by atoms with Gasteiger partial charge in [-0.25, -0.2) is 4.79 Å². The Morgan fingerprint density at radius 1 is 1.43 bits per heavy atom. The summed E-state index contributed by atoms with van der Waals surface area (Å²) in [6, 6.07) is 0. The van der Waals surface area contributed by atoms with Gasteiger partial charge in [-0.1, -0.05) is 20.4 Å². The van der Waals surface area contributed by atoms with Crippen molar-refractivity contribution in [3.63, 3.8) is 0 Å². The minimum atomic E-state index is -1.04. The smallest absolute Gasteiger partial charge is 0.331 e. The molecular formula is C10H19NO3. The molecule has 4 nitrogen and oxygen atoms in total. The summed E-state index contributed by atoms with van der Waals surface area (Å²) in [5.41, 5.74) is 0.0599. The van der Waals surface area contributed by atoms with Crippen molar-refractivity contribution in [2.45, 2.75) is 26.4 Å². The van der Waals surface area contributed by atoms with E-state index in [9.17, 15) is 9.90 Å². The first kappa shape index (κ1) is 13.1. The highest BCUT2D eigenvalue weighted by molar-refractivity contribution is 5.85. The van der Waals surface area contributed by atoms with E-state index < -0.39 is 12.1 Å². The minimum Gasteiger partial charge on any atom is -0.478 e. The zero-order chi connectivity index (χ0) is 11.1. The average molecular weight is 201 g/mol. The second-order valence-corrected chi connectivity index (χ2v) is 3.25. The molecule has 1 unspecified atom stereocenters. The number of nitrogens with zero attached hydrogens (tertiary/aromatic N) is 1. The highest BCUT2D eigenvalue weighted by atomic mass is 16.4. The quantitative estimate of drug-likeness (QED) is 0.596. The molecule has 0 aliphatic rings. The number of aliphatic carboxylic acids is 1. The normalized spacial score (nSPS) is 12.9. The van der Waals surface area contributed by atoms with Crippen LogP contribution in [0.5, 0.6) is 0 Å². The van der Waals surface area contributed by atoms with Crippen LogP contribution in [0, 0.1) is 0 Å². The number of aliphatic hydroxyl groups is 1. The summed E-state index contributed by atoms with van der Waals surface area (Å²) < 4.78 is 0. The fraction of sp³-hybridized carbons (Fsp3) is 0.700. The predicted molar refractivity (Wildman–Crippen MR) is 55.2 cm³/mol. The molecule has 0 aliphatic carbocycles. The van der Waals surface area contributed by atoms with E-state index >= 15 is 0 Å². The van der Waals surface area contributed by atoms with Crippen LogP contribution in [0.3, 0.4) is 0 Å². The van der Waals surface area contributed by atoms with Gasteiger partial charge in [-0.2, -0.15) is 0 Å². The van der Waals surface area contributed by atoms with Crippen molar-refractivity contribution in [3.05, 3.63) is 12.2 Å². The maximum atomic E-state index is 10.4. The Hall–Kier alpha value is -0.870. The topological polar surface area (TPSA) is 60.8 Å². The van der Waals surface area contributed by atoms with Crippen molar-refractivity contribution in [3.8, 4) is 0 Å². The first-order valence-electron chi connectivity index (χ1n) is 4.82. The van der Waals surface area contributed by atoms with Gasteiger partial charge in [-0.05, 0) is 13.1 Å². The molecule has 0 amide bonds. The lowest BCUT2D eigenvalue weighted by Crippen LogP contribution is -2.32. The molecule has 4 heteroatoms. The Morgan fingerprint density at radius 2 is 1.93 bits per heavy atom. The molecule has 0 rings (SSSR count). The van der Waals surface area contributed by atoms with Gasteiger partial charge < -0.3 is 15.1 Å². The molecule has 0 bridgehead atoms. The largest absolute Gasteiger partial charge is 0.478 e. The molecule has 14 heavy (non-hydrogen) atoms. The summed E-state index contributed by atoms with van der Waals surface area (Å²) in [7, 11) is 0. The van der Waals surface area contributed by atoms with Gasteiger partial charge >= 0.3 is 5.97 Å². The molecule has 0 aliphatic heterocycles. The zero-order valence-electron chi connectivity index (χ0n) is 8.86. The van der Waals surface area contributed by atoms with Gasteiger partial charge in [-0.15, -0.1) is 0 Å². The van der Waals surface area contributed by atoms with E-state index in [1.807, 2.05) is 18.7 Å². The second kappa shape index (κ2) is 6.56. The molecule has 0 saturated carbocycles. The van der Waals surface area contributed by atoms with E-state index in [1.54, 1.807) is 0 Å². The number of carboxylic acids is 1. The van der Waals surface area contributed by atoms with Crippen LogP contribution >= 0.6 is 0 Å². The predicted octanol–water partition coefficient (Wildman–Crippen LogP) is 0.720. The van der Waals surface area contributed by atoms with Crippen LogP contribution < -0.4 is 0 Å². The molecular weight excluding hydrogens is 182 g/mol. The summed E-state index contributed by atoms with van der Waals surface area (Å²) in [6.07, 6.45) is -0.509. The number of rotatable bonds is 7.